The van der Waals surface area contributed by atoms with E-state index in [0.717, 1.165) is 6.54 Å². The van der Waals surface area contributed by atoms with Gasteiger partial charge in [0.2, 0.25) is 0 Å². The number of nitrogens with one attached hydrogen (secondary N) is 5. The molecule has 3 unspecified atom stereocenters. The Balaban J connectivity index is 0.00000194. The Labute approximate surface area is 176 Å². The van der Waals surface area contributed by atoms with Gasteiger partial charge in [0.1, 0.15) is 0 Å². The normalized spacial score (nSPS) is 29.8. The molecule has 1 rings (SSSR count). The van der Waals surface area contributed by atoms with Crippen LogP contribution in [-0.2, 0) is 11.3 Å². The van der Waals surface area contributed by atoms with Gasteiger partial charge in [0.25, 0.3) is 0 Å². The molecule has 9 nitrogen and oxygen atoms in total. The first-order valence-electron chi connectivity index (χ1n) is 8.59. The summed E-state index contributed by atoms with van der Waals surface area (Å²) >= 11 is 6.88. The summed E-state index contributed by atoms with van der Waals surface area (Å²) in [5.74, 6) is 0. The molecular weight excluding hydrogens is 517 g/mol. The Morgan fingerprint density at radius 3 is 1.35 bits per heavy atom. The van der Waals surface area contributed by atoms with Gasteiger partial charge < -0.3 is 47.0 Å². The molecule has 1 heterocycles. The summed E-state index contributed by atoms with van der Waals surface area (Å²) < 4.78 is 0. The Morgan fingerprint density at radius 2 is 0.962 bits per heavy atom. The van der Waals surface area contributed by atoms with Crippen LogP contribution in [0.1, 0.15) is 0 Å². The maximum absolute atomic E-state index is 9.43. The quantitative estimate of drug-likeness (QED) is 0.169. The summed E-state index contributed by atoms with van der Waals surface area (Å²) in [7, 11) is 0. The van der Waals surface area contributed by atoms with Crippen molar-refractivity contribution in [3.05, 3.63) is 0 Å². The van der Waals surface area contributed by atoms with Crippen LogP contribution >= 0.6 is 28.2 Å². The van der Waals surface area contributed by atoms with Crippen molar-refractivity contribution >= 4 is 28.2 Å². The van der Waals surface area contributed by atoms with E-state index in [9.17, 15) is 20.4 Å². The van der Waals surface area contributed by atoms with Crippen molar-refractivity contribution in [2.75, 3.05) is 65.7 Å². The number of halogens is 2. The third-order valence-electron chi connectivity index (χ3n) is 3.97. The second-order valence-corrected chi connectivity index (χ2v) is 11.9. The van der Waals surface area contributed by atoms with Crippen molar-refractivity contribution < 1.29 is 31.8 Å². The molecule has 0 amide bonds. The fourth-order valence-corrected chi connectivity index (χ4v) is 2.37. The topological polar surface area (TPSA) is 141 Å². The average molecular weight is 550 g/mol. The fraction of sp³-hybridized carbons (Fsp3) is 1.00. The molecule has 4 atom stereocenters. The van der Waals surface area contributed by atoms with Gasteiger partial charge in [-0.25, -0.2) is 0 Å². The van der Waals surface area contributed by atoms with Crippen LogP contribution in [0.25, 0.3) is 0 Å². The zero-order valence-corrected chi connectivity index (χ0v) is 19.2. The van der Waals surface area contributed by atoms with Crippen LogP contribution in [0.3, 0.4) is 0 Å². The zero-order chi connectivity index (χ0) is 19.6. The standard InChI is InChI=1S/C14H33N5O4.2BrH.Mn/c20-7-11-3-15-1-2-16-12(8-21)4-18-14(10-23)6-19-13(9-22)5-17-11;;;/h11-23H,1-10H2;2*1H;/q;;;+2/p-2/t11?,12?,13-,14?;;;/m1.../s1. The molecule has 9 N–H and O–H groups in total. The van der Waals surface area contributed by atoms with Gasteiger partial charge in [-0.1, -0.05) is 0 Å². The third-order valence-corrected chi connectivity index (χ3v) is 3.97. The molecule has 1 fully saturated rings. The van der Waals surface area contributed by atoms with E-state index in [1.165, 1.54) is 0 Å². The van der Waals surface area contributed by atoms with Crippen molar-refractivity contribution in [3.63, 3.8) is 0 Å². The molecule has 0 bridgehead atoms. The van der Waals surface area contributed by atoms with Crippen molar-refractivity contribution in [1.82, 2.24) is 26.6 Å². The second kappa shape index (κ2) is 19.4. The number of rotatable bonds is 4. The molecule has 0 saturated carbocycles. The number of aliphatic hydroxyl groups is 4. The minimum atomic E-state index is -0.156. The molecule has 0 aromatic heterocycles. The SMILES string of the molecule is OCC1CNCCNC(CO)CNC(CO)CN[C@@H](CO)CN1.[Br][Mn][Br]. The molecule has 1 saturated heterocycles. The molecule has 1 aliphatic rings. The summed E-state index contributed by atoms with van der Waals surface area (Å²) in [5.41, 5.74) is 0. The molecule has 1 aliphatic heterocycles. The second-order valence-electron chi connectivity index (χ2n) is 5.95. The third kappa shape index (κ3) is 14.2. The van der Waals surface area contributed by atoms with Crippen LogP contribution in [0.5, 0.6) is 0 Å². The van der Waals surface area contributed by atoms with Gasteiger partial charge in [-0.2, -0.15) is 0 Å². The zero-order valence-electron chi connectivity index (χ0n) is 14.8. The van der Waals surface area contributed by atoms with Gasteiger partial charge in [-0.05, 0) is 0 Å². The Bertz CT molecular complexity index is 291. The van der Waals surface area contributed by atoms with Crippen LogP contribution in [0.4, 0.5) is 0 Å². The van der Waals surface area contributed by atoms with E-state index in [0.29, 0.717) is 44.1 Å². The first-order chi connectivity index (χ1) is 12.6. The number of hydrogen-bond acceptors (Lipinski definition) is 9. The van der Waals surface area contributed by atoms with Crippen LogP contribution in [-0.4, -0.2) is 110 Å². The van der Waals surface area contributed by atoms with E-state index in [-0.39, 0.29) is 50.6 Å². The predicted molar refractivity (Wildman–Crippen MR) is 106 cm³/mol. The molecule has 0 radical (unpaired) electrons. The fourth-order valence-electron chi connectivity index (χ4n) is 2.37. The van der Waals surface area contributed by atoms with Gasteiger partial charge in [0.05, 0.1) is 26.4 Å². The molecular formula is C14H33Br2MnN5O4. The van der Waals surface area contributed by atoms with E-state index in [1.807, 2.05) is 0 Å². The van der Waals surface area contributed by atoms with Gasteiger partial charge >= 0.3 is 39.6 Å². The van der Waals surface area contributed by atoms with Gasteiger partial charge in [-0.15, -0.1) is 0 Å². The van der Waals surface area contributed by atoms with E-state index in [1.54, 1.807) is 0 Å². The molecule has 12 heteroatoms. The van der Waals surface area contributed by atoms with E-state index >= 15 is 0 Å². The van der Waals surface area contributed by atoms with Crippen LogP contribution in [0.2, 0.25) is 0 Å². The first kappa shape index (κ1) is 27.1. The summed E-state index contributed by atoms with van der Waals surface area (Å²) in [5, 5.41) is 53.7. The van der Waals surface area contributed by atoms with Crippen LogP contribution in [0.15, 0.2) is 0 Å². The molecule has 26 heavy (non-hydrogen) atoms. The Morgan fingerprint density at radius 1 is 0.615 bits per heavy atom. The van der Waals surface area contributed by atoms with Gasteiger partial charge in [0.15, 0.2) is 0 Å². The van der Waals surface area contributed by atoms with Crippen molar-refractivity contribution in [2.45, 2.75) is 24.2 Å². The minimum absolute atomic E-state index is 0.0126. The van der Waals surface area contributed by atoms with Crippen molar-refractivity contribution in [3.8, 4) is 0 Å². The molecule has 159 valence electrons. The van der Waals surface area contributed by atoms with E-state index in [2.05, 4.69) is 54.8 Å². The Kier molecular flexibility index (Phi) is 20.3. The van der Waals surface area contributed by atoms with Gasteiger partial charge in [0, 0.05) is 63.4 Å². The van der Waals surface area contributed by atoms with Crippen molar-refractivity contribution in [1.29, 1.82) is 0 Å². The maximum atomic E-state index is 9.43. The molecule has 0 aliphatic carbocycles. The van der Waals surface area contributed by atoms with Crippen LogP contribution in [0, 0.1) is 0 Å². The average Bonchev–Trinajstić information content (AvgIpc) is 2.66. The predicted octanol–water partition coefficient (Wildman–Crippen LogP) is -2.92. The summed E-state index contributed by atoms with van der Waals surface area (Å²) in [6.07, 6.45) is 0. The van der Waals surface area contributed by atoms with Crippen LogP contribution < -0.4 is 26.6 Å². The molecule has 0 aromatic carbocycles. The Hall–Kier alpha value is 1.12. The van der Waals surface area contributed by atoms with Crippen molar-refractivity contribution in [2.24, 2.45) is 0 Å². The first-order valence-corrected chi connectivity index (χ1v) is 14.4. The van der Waals surface area contributed by atoms with E-state index in [4.69, 9.17) is 0 Å². The monoisotopic (exact) mass is 548 g/mol. The number of hydrogen-bond donors (Lipinski definition) is 9. The molecule has 0 spiro atoms. The molecule has 0 aromatic rings. The van der Waals surface area contributed by atoms with Gasteiger partial charge in [-0.3, -0.25) is 0 Å². The summed E-state index contributed by atoms with van der Waals surface area (Å²) in [6.45, 7) is 3.59. The summed E-state index contributed by atoms with van der Waals surface area (Å²) in [6, 6.07) is -0.485. The number of aliphatic hydroxyl groups excluding tert-OH is 4. The summed E-state index contributed by atoms with van der Waals surface area (Å²) in [4.78, 5) is 0. The van der Waals surface area contributed by atoms with E-state index < -0.39 is 0 Å².